The summed E-state index contributed by atoms with van der Waals surface area (Å²) in [6.45, 7) is 6.26. The molecule has 2 aromatic rings. The van der Waals surface area contributed by atoms with Crippen molar-refractivity contribution in [3.63, 3.8) is 0 Å². The van der Waals surface area contributed by atoms with Crippen molar-refractivity contribution in [2.75, 3.05) is 0 Å². The van der Waals surface area contributed by atoms with E-state index in [4.69, 9.17) is 0 Å². The second-order valence-corrected chi connectivity index (χ2v) is 7.12. The van der Waals surface area contributed by atoms with Crippen LogP contribution in [0.15, 0.2) is 36.4 Å². The lowest BCUT2D eigenvalue weighted by Gasteiger charge is -2.20. The van der Waals surface area contributed by atoms with Crippen LogP contribution >= 0.6 is 0 Å². The maximum atomic E-state index is 12.4. The van der Waals surface area contributed by atoms with Crippen molar-refractivity contribution in [2.24, 2.45) is 0 Å². The van der Waals surface area contributed by atoms with Gasteiger partial charge in [-0.1, -0.05) is 36.4 Å². The smallest absolute Gasteiger partial charge is 0.224 e. The minimum atomic E-state index is 0.0521. The van der Waals surface area contributed by atoms with Gasteiger partial charge in [0.15, 0.2) is 0 Å². The summed E-state index contributed by atoms with van der Waals surface area (Å²) in [6, 6.07) is 13.0. The molecule has 1 atom stereocenters. The predicted octanol–water partition coefficient (Wildman–Crippen LogP) is 4.60. The second-order valence-electron chi connectivity index (χ2n) is 7.12. The average Bonchev–Trinajstić information content (AvgIpc) is 2.57. The molecule has 126 valence electrons. The summed E-state index contributed by atoms with van der Waals surface area (Å²) >= 11 is 0. The molecule has 3 rings (SSSR count). The van der Waals surface area contributed by atoms with Gasteiger partial charge < -0.3 is 5.32 Å². The summed E-state index contributed by atoms with van der Waals surface area (Å²) in [5, 5.41) is 3.15. The molecule has 0 aliphatic heterocycles. The first-order valence-electron chi connectivity index (χ1n) is 9.00. The lowest BCUT2D eigenvalue weighted by Crippen LogP contribution is -2.28. The Morgan fingerprint density at radius 1 is 1.00 bits per heavy atom. The fraction of sp³-hybridized carbons (Fsp3) is 0.409. The largest absolute Gasteiger partial charge is 0.349 e. The number of amides is 1. The maximum absolute atomic E-state index is 12.4. The van der Waals surface area contributed by atoms with Gasteiger partial charge in [0, 0.05) is 0 Å². The molecule has 0 unspecified atom stereocenters. The van der Waals surface area contributed by atoms with Crippen LogP contribution in [-0.4, -0.2) is 5.91 Å². The lowest BCUT2D eigenvalue weighted by atomic mass is 9.89. The molecule has 24 heavy (non-hydrogen) atoms. The molecule has 1 aliphatic carbocycles. The number of aryl methyl sites for hydroxylation is 4. The van der Waals surface area contributed by atoms with E-state index in [0.29, 0.717) is 6.42 Å². The van der Waals surface area contributed by atoms with Crippen LogP contribution in [0, 0.1) is 13.8 Å². The third-order valence-electron chi connectivity index (χ3n) is 5.19. The number of carbonyl (C=O) groups excluding carboxylic acids is 1. The van der Waals surface area contributed by atoms with Crippen molar-refractivity contribution < 1.29 is 4.79 Å². The van der Waals surface area contributed by atoms with E-state index in [1.807, 2.05) is 6.07 Å². The van der Waals surface area contributed by atoms with Gasteiger partial charge in [0.1, 0.15) is 0 Å². The number of carbonyl (C=O) groups is 1. The number of hydrogen-bond acceptors (Lipinski definition) is 1. The molecule has 0 aromatic heterocycles. The van der Waals surface area contributed by atoms with E-state index < -0.39 is 0 Å². The third-order valence-corrected chi connectivity index (χ3v) is 5.19. The zero-order chi connectivity index (χ0) is 17.1. The quantitative estimate of drug-likeness (QED) is 0.876. The second kappa shape index (κ2) is 7.21. The molecule has 1 aliphatic rings. The van der Waals surface area contributed by atoms with Gasteiger partial charge in [0.2, 0.25) is 5.91 Å². The summed E-state index contributed by atoms with van der Waals surface area (Å²) in [5.74, 6) is 0.0865. The van der Waals surface area contributed by atoms with E-state index in [2.05, 4.69) is 56.4 Å². The van der Waals surface area contributed by atoms with Gasteiger partial charge >= 0.3 is 0 Å². The van der Waals surface area contributed by atoms with E-state index in [1.165, 1.54) is 53.5 Å². The Kier molecular flexibility index (Phi) is 5.03. The van der Waals surface area contributed by atoms with E-state index in [-0.39, 0.29) is 11.9 Å². The molecule has 1 N–H and O–H groups in total. The van der Waals surface area contributed by atoms with Crippen molar-refractivity contribution in [3.05, 3.63) is 69.8 Å². The average molecular weight is 321 g/mol. The van der Waals surface area contributed by atoms with E-state index in [1.54, 1.807) is 0 Å². The number of fused-ring (bicyclic) bond motifs is 1. The predicted molar refractivity (Wildman–Crippen MR) is 99.3 cm³/mol. The van der Waals surface area contributed by atoms with Crippen LogP contribution in [0.25, 0.3) is 0 Å². The summed E-state index contributed by atoms with van der Waals surface area (Å²) < 4.78 is 0. The van der Waals surface area contributed by atoms with Gasteiger partial charge in [-0.25, -0.2) is 0 Å². The molecule has 2 aromatic carbocycles. The molecule has 2 nitrogen and oxygen atoms in total. The van der Waals surface area contributed by atoms with E-state index in [0.717, 1.165) is 5.56 Å². The SMILES string of the molecule is Cc1ccc(CC(=O)N[C@@H](C)c2ccc3c(c2)CCCC3)cc1C. The van der Waals surface area contributed by atoms with Gasteiger partial charge in [-0.15, -0.1) is 0 Å². The summed E-state index contributed by atoms with van der Waals surface area (Å²) in [7, 11) is 0. The third kappa shape index (κ3) is 3.87. The van der Waals surface area contributed by atoms with Crippen LogP contribution in [0.4, 0.5) is 0 Å². The van der Waals surface area contributed by atoms with Gasteiger partial charge in [-0.2, -0.15) is 0 Å². The Morgan fingerprint density at radius 3 is 2.50 bits per heavy atom. The molecule has 0 saturated heterocycles. The van der Waals surface area contributed by atoms with Gasteiger partial charge in [0.05, 0.1) is 12.5 Å². The first-order chi connectivity index (χ1) is 11.5. The number of hydrogen-bond donors (Lipinski definition) is 1. The Morgan fingerprint density at radius 2 is 1.75 bits per heavy atom. The van der Waals surface area contributed by atoms with E-state index in [9.17, 15) is 4.79 Å². The summed E-state index contributed by atoms with van der Waals surface area (Å²) in [5.41, 5.74) is 7.75. The van der Waals surface area contributed by atoms with Crippen molar-refractivity contribution in [1.82, 2.24) is 5.32 Å². The Hall–Kier alpha value is -2.09. The molecule has 0 bridgehead atoms. The van der Waals surface area contributed by atoms with Crippen LogP contribution in [0.2, 0.25) is 0 Å². The molecule has 2 heteroatoms. The fourth-order valence-electron chi connectivity index (χ4n) is 3.50. The minimum Gasteiger partial charge on any atom is -0.349 e. The molecule has 0 saturated carbocycles. The van der Waals surface area contributed by atoms with E-state index >= 15 is 0 Å². The zero-order valence-corrected chi connectivity index (χ0v) is 15.0. The highest BCUT2D eigenvalue weighted by Crippen LogP contribution is 2.24. The Labute approximate surface area is 145 Å². The van der Waals surface area contributed by atoms with Crippen molar-refractivity contribution in [3.8, 4) is 0 Å². The highest BCUT2D eigenvalue weighted by atomic mass is 16.1. The molecular weight excluding hydrogens is 294 g/mol. The normalized spacial score (nSPS) is 14.8. The van der Waals surface area contributed by atoms with Crippen molar-refractivity contribution in [2.45, 2.75) is 58.9 Å². The summed E-state index contributed by atoms with van der Waals surface area (Å²) in [6.07, 6.45) is 5.39. The van der Waals surface area contributed by atoms with Crippen LogP contribution < -0.4 is 5.32 Å². The van der Waals surface area contributed by atoms with Crippen molar-refractivity contribution in [1.29, 1.82) is 0 Å². The minimum absolute atomic E-state index is 0.0521. The van der Waals surface area contributed by atoms with Gasteiger partial charge in [0.25, 0.3) is 0 Å². The topological polar surface area (TPSA) is 29.1 Å². The lowest BCUT2D eigenvalue weighted by molar-refractivity contribution is -0.121. The fourth-order valence-corrected chi connectivity index (χ4v) is 3.50. The summed E-state index contributed by atoms with van der Waals surface area (Å²) in [4.78, 5) is 12.4. The van der Waals surface area contributed by atoms with Gasteiger partial charge in [-0.05, 0) is 79.8 Å². The molecule has 0 fully saturated rings. The molecule has 0 radical (unpaired) electrons. The monoisotopic (exact) mass is 321 g/mol. The van der Waals surface area contributed by atoms with Crippen LogP contribution in [0.3, 0.4) is 0 Å². The zero-order valence-electron chi connectivity index (χ0n) is 15.0. The van der Waals surface area contributed by atoms with Gasteiger partial charge in [-0.3, -0.25) is 4.79 Å². The Bertz CT molecular complexity index is 748. The molecule has 1 amide bonds. The number of nitrogens with one attached hydrogen (secondary N) is 1. The number of rotatable bonds is 4. The molecular formula is C22H27NO. The van der Waals surface area contributed by atoms with Crippen molar-refractivity contribution >= 4 is 5.91 Å². The van der Waals surface area contributed by atoms with Crippen LogP contribution in [-0.2, 0) is 24.1 Å². The maximum Gasteiger partial charge on any atom is 0.224 e. The molecule has 0 heterocycles. The van der Waals surface area contributed by atoms with Crippen LogP contribution in [0.1, 0.15) is 59.2 Å². The number of benzene rings is 2. The molecule has 0 spiro atoms. The van der Waals surface area contributed by atoms with Crippen LogP contribution in [0.5, 0.6) is 0 Å². The standard InChI is InChI=1S/C22H27NO/c1-15-8-9-18(12-16(15)2)13-22(24)23-17(3)20-11-10-19-6-4-5-7-21(19)14-20/h8-12,14,17H,4-7,13H2,1-3H3,(H,23,24)/t17-/m0/s1. The highest BCUT2D eigenvalue weighted by molar-refractivity contribution is 5.79. The Balaban J connectivity index is 1.64. The first kappa shape index (κ1) is 16.8. The first-order valence-corrected chi connectivity index (χ1v) is 9.00. The highest BCUT2D eigenvalue weighted by Gasteiger charge is 2.14.